The van der Waals surface area contributed by atoms with Crippen molar-refractivity contribution in [3.63, 3.8) is 0 Å². The third-order valence-electron chi connectivity index (χ3n) is 2.14. The number of hydrogen-bond acceptors (Lipinski definition) is 5. The molecule has 2 N–H and O–H groups in total. The van der Waals surface area contributed by atoms with Gasteiger partial charge in [-0.25, -0.2) is 0 Å². The molecule has 6 heteroatoms. The molecule has 17 heavy (non-hydrogen) atoms. The van der Waals surface area contributed by atoms with Crippen LogP contribution in [0.1, 0.15) is 33.5 Å². The van der Waals surface area contributed by atoms with E-state index >= 15 is 0 Å². The Labute approximate surface area is 112 Å². The molecule has 0 unspecified atom stereocenters. The lowest BCUT2D eigenvalue weighted by molar-refractivity contribution is 0.643. The first-order valence-electron chi connectivity index (χ1n) is 5.87. The molecule has 0 saturated heterocycles. The summed E-state index contributed by atoms with van der Waals surface area (Å²) in [6, 6.07) is 0. The van der Waals surface area contributed by atoms with Gasteiger partial charge >= 0.3 is 0 Å². The van der Waals surface area contributed by atoms with Gasteiger partial charge in [0.05, 0.1) is 6.54 Å². The predicted octanol–water partition coefficient (Wildman–Crippen LogP) is 2.38. The highest BCUT2D eigenvalue weighted by atomic mass is 32.2. The molecule has 0 aliphatic carbocycles. The van der Waals surface area contributed by atoms with Crippen LogP contribution in [0, 0.1) is 0 Å². The molecule has 1 aromatic rings. The van der Waals surface area contributed by atoms with Crippen molar-refractivity contribution in [2.45, 2.75) is 50.7 Å². The largest absolute Gasteiger partial charge is 0.324 e. The third kappa shape index (κ3) is 4.89. The fraction of sp³-hybridized carbons (Fsp3) is 0.818. The third-order valence-corrected chi connectivity index (χ3v) is 4.64. The van der Waals surface area contributed by atoms with E-state index in [1.54, 1.807) is 11.8 Å². The summed E-state index contributed by atoms with van der Waals surface area (Å²) in [5.41, 5.74) is 5.61. The molecule has 98 valence electrons. The standard InChI is InChI=1S/C11H22N4S2/c1-5-15-9(8-12)13-14-10(15)16-6-7-17-11(2,3)4/h5-8,12H2,1-4H3. The zero-order valence-corrected chi connectivity index (χ0v) is 12.7. The molecule has 4 nitrogen and oxygen atoms in total. The Bertz CT molecular complexity index is 344. The molecule has 0 aliphatic rings. The summed E-state index contributed by atoms with van der Waals surface area (Å²) in [7, 11) is 0. The van der Waals surface area contributed by atoms with Crippen molar-refractivity contribution >= 4 is 23.5 Å². The molecular weight excluding hydrogens is 252 g/mol. The molecule has 0 aromatic carbocycles. The molecule has 1 aromatic heterocycles. The molecular formula is C11H22N4S2. The average Bonchev–Trinajstić information content (AvgIpc) is 2.65. The van der Waals surface area contributed by atoms with Gasteiger partial charge in [-0.2, -0.15) is 11.8 Å². The number of thioether (sulfide) groups is 2. The van der Waals surface area contributed by atoms with Gasteiger partial charge in [0.25, 0.3) is 0 Å². The molecule has 0 spiro atoms. The first-order chi connectivity index (χ1) is 7.98. The lowest BCUT2D eigenvalue weighted by atomic mass is 10.3. The van der Waals surface area contributed by atoms with Gasteiger partial charge in [-0.05, 0) is 6.92 Å². The number of nitrogens with zero attached hydrogens (tertiary/aromatic N) is 3. The predicted molar refractivity (Wildman–Crippen MR) is 76.5 cm³/mol. The van der Waals surface area contributed by atoms with E-state index in [-0.39, 0.29) is 0 Å². The van der Waals surface area contributed by atoms with Gasteiger partial charge in [0.1, 0.15) is 5.82 Å². The van der Waals surface area contributed by atoms with E-state index in [0.29, 0.717) is 11.3 Å². The number of rotatable bonds is 6. The van der Waals surface area contributed by atoms with Gasteiger partial charge in [0.2, 0.25) is 0 Å². The Morgan fingerprint density at radius 1 is 1.24 bits per heavy atom. The Kier molecular flexibility index (Phi) is 5.82. The fourth-order valence-corrected chi connectivity index (χ4v) is 3.33. The minimum atomic E-state index is 0.335. The molecule has 1 rings (SSSR count). The minimum absolute atomic E-state index is 0.335. The van der Waals surface area contributed by atoms with Crippen LogP contribution in [0.15, 0.2) is 5.16 Å². The number of nitrogens with two attached hydrogens (primary N) is 1. The van der Waals surface area contributed by atoms with Gasteiger partial charge in [-0.1, -0.05) is 32.5 Å². The summed E-state index contributed by atoms with van der Waals surface area (Å²) in [5, 5.41) is 9.26. The molecule has 0 atom stereocenters. The highest BCUT2D eigenvalue weighted by molar-refractivity contribution is 8.03. The highest BCUT2D eigenvalue weighted by Gasteiger charge is 2.12. The van der Waals surface area contributed by atoms with E-state index in [0.717, 1.165) is 29.0 Å². The second-order valence-electron chi connectivity index (χ2n) is 4.66. The van der Waals surface area contributed by atoms with Crippen LogP contribution >= 0.6 is 23.5 Å². The molecule has 0 fully saturated rings. The monoisotopic (exact) mass is 274 g/mol. The molecule has 0 amide bonds. The molecule has 1 heterocycles. The summed E-state index contributed by atoms with van der Waals surface area (Å²) in [6.07, 6.45) is 0. The molecule has 0 bridgehead atoms. The van der Waals surface area contributed by atoms with E-state index in [1.165, 1.54) is 0 Å². The van der Waals surface area contributed by atoms with Crippen LogP contribution < -0.4 is 5.73 Å². The van der Waals surface area contributed by atoms with Gasteiger partial charge in [-0.3, -0.25) is 0 Å². The number of hydrogen-bond donors (Lipinski definition) is 1. The maximum Gasteiger partial charge on any atom is 0.191 e. The van der Waals surface area contributed by atoms with E-state index in [2.05, 4.69) is 42.5 Å². The summed E-state index contributed by atoms with van der Waals surface area (Å²) in [5.74, 6) is 3.06. The van der Waals surface area contributed by atoms with Gasteiger partial charge in [0.15, 0.2) is 5.16 Å². The SMILES string of the molecule is CCn1c(CN)nnc1SCCSC(C)(C)C. The first kappa shape index (κ1) is 14.9. The lowest BCUT2D eigenvalue weighted by Crippen LogP contribution is -2.10. The van der Waals surface area contributed by atoms with Gasteiger partial charge in [-0.15, -0.1) is 10.2 Å². The Morgan fingerprint density at radius 2 is 1.94 bits per heavy atom. The summed E-state index contributed by atoms with van der Waals surface area (Å²) in [4.78, 5) is 0. The molecule has 0 radical (unpaired) electrons. The Morgan fingerprint density at radius 3 is 2.47 bits per heavy atom. The Hall–Kier alpha value is -0.200. The lowest BCUT2D eigenvalue weighted by Gasteiger charge is -2.16. The molecule has 0 aliphatic heterocycles. The van der Waals surface area contributed by atoms with Crippen molar-refractivity contribution < 1.29 is 0 Å². The maximum atomic E-state index is 5.61. The van der Waals surface area contributed by atoms with Crippen LogP contribution in [0.5, 0.6) is 0 Å². The van der Waals surface area contributed by atoms with Crippen LogP contribution in [-0.4, -0.2) is 31.0 Å². The highest BCUT2D eigenvalue weighted by Crippen LogP contribution is 2.25. The van der Waals surface area contributed by atoms with Crippen LogP contribution in [0.25, 0.3) is 0 Å². The quantitative estimate of drug-likeness (QED) is 0.637. The van der Waals surface area contributed by atoms with Gasteiger partial charge < -0.3 is 10.3 Å². The average molecular weight is 274 g/mol. The van der Waals surface area contributed by atoms with Crippen molar-refractivity contribution in [1.82, 2.24) is 14.8 Å². The second-order valence-corrected chi connectivity index (χ2v) is 7.64. The van der Waals surface area contributed by atoms with Gasteiger partial charge in [0, 0.05) is 22.8 Å². The summed E-state index contributed by atoms with van der Waals surface area (Å²) < 4.78 is 2.42. The smallest absolute Gasteiger partial charge is 0.191 e. The van der Waals surface area contributed by atoms with Crippen LogP contribution in [0.4, 0.5) is 0 Å². The second kappa shape index (κ2) is 6.66. The van der Waals surface area contributed by atoms with Crippen molar-refractivity contribution in [3.8, 4) is 0 Å². The zero-order valence-electron chi connectivity index (χ0n) is 11.1. The van der Waals surface area contributed by atoms with Crippen LogP contribution in [0.3, 0.4) is 0 Å². The van der Waals surface area contributed by atoms with Crippen LogP contribution in [-0.2, 0) is 13.1 Å². The van der Waals surface area contributed by atoms with E-state index < -0.39 is 0 Å². The topological polar surface area (TPSA) is 56.7 Å². The van der Waals surface area contributed by atoms with E-state index in [1.807, 2.05) is 11.8 Å². The fourth-order valence-electron chi connectivity index (χ4n) is 1.38. The molecule has 0 saturated carbocycles. The number of aromatic nitrogens is 3. The van der Waals surface area contributed by atoms with E-state index in [9.17, 15) is 0 Å². The van der Waals surface area contributed by atoms with Crippen molar-refractivity contribution in [3.05, 3.63) is 5.82 Å². The summed E-state index contributed by atoms with van der Waals surface area (Å²) in [6.45, 7) is 10.2. The maximum absolute atomic E-state index is 5.61. The van der Waals surface area contributed by atoms with Crippen molar-refractivity contribution in [2.24, 2.45) is 5.73 Å². The van der Waals surface area contributed by atoms with Crippen molar-refractivity contribution in [1.29, 1.82) is 0 Å². The summed E-state index contributed by atoms with van der Waals surface area (Å²) >= 11 is 3.74. The Balaban J connectivity index is 2.44. The zero-order chi connectivity index (χ0) is 12.9. The van der Waals surface area contributed by atoms with E-state index in [4.69, 9.17) is 5.73 Å². The normalized spacial score (nSPS) is 12.1. The van der Waals surface area contributed by atoms with Crippen LogP contribution in [0.2, 0.25) is 0 Å². The first-order valence-corrected chi connectivity index (χ1v) is 7.84. The minimum Gasteiger partial charge on any atom is -0.324 e. The van der Waals surface area contributed by atoms with Crippen molar-refractivity contribution in [2.75, 3.05) is 11.5 Å².